The van der Waals surface area contributed by atoms with Gasteiger partial charge in [0.15, 0.2) is 5.78 Å². The molecule has 1 heterocycles. The van der Waals surface area contributed by atoms with Gasteiger partial charge < -0.3 is 13.9 Å². The van der Waals surface area contributed by atoms with Crippen LogP contribution in [0, 0.1) is 0 Å². The highest BCUT2D eigenvalue weighted by atomic mass is 32.2. The Morgan fingerprint density at radius 2 is 1.74 bits per heavy atom. The van der Waals surface area contributed by atoms with Gasteiger partial charge in [0.1, 0.15) is 18.1 Å². The van der Waals surface area contributed by atoms with Crippen LogP contribution in [0.15, 0.2) is 70.2 Å². The average molecular weight is 443 g/mol. The molecule has 9 heteroatoms. The smallest absolute Gasteiger partial charge is 0.338 e. The van der Waals surface area contributed by atoms with Crippen LogP contribution in [-0.4, -0.2) is 27.3 Å². The lowest BCUT2D eigenvalue weighted by molar-refractivity contribution is 0.0470. The molecule has 0 radical (unpaired) electrons. The van der Waals surface area contributed by atoms with Gasteiger partial charge in [0.05, 0.1) is 30.4 Å². The lowest BCUT2D eigenvalue weighted by Crippen LogP contribution is -2.23. The number of Topliss-reactive ketones (excluding diaryl/α,β-unsaturated/α-hetero) is 1. The lowest BCUT2D eigenvalue weighted by atomic mass is 10.1. The number of hydrogen-bond acceptors (Lipinski definition) is 7. The van der Waals surface area contributed by atoms with Crippen molar-refractivity contribution in [2.24, 2.45) is 0 Å². The number of nitrogens with one attached hydrogen (secondary N) is 1. The molecule has 0 unspecified atom stereocenters. The van der Waals surface area contributed by atoms with Crippen molar-refractivity contribution in [1.29, 1.82) is 0 Å². The molecule has 0 aliphatic rings. The third-order valence-electron chi connectivity index (χ3n) is 4.46. The molecule has 0 fully saturated rings. The number of carbonyl (C=O) groups is 2. The fraction of sp³-hybridized carbons (Fsp3) is 0.182. The summed E-state index contributed by atoms with van der Waals surface area (Å²) in [5.41, 5.74) is 1.21. The first-order valence-electron chi connectivity index (χ1n) is 9.27. The number of methoxy groups -OCH3 is 1. The van der Waals surface area contributed by atoms with Gasteiger partial charge >= 0.3 is 5.97 Å². The van der Waals surface area contributed by atoms with Crippen molar-refractivity contribution in [2.45, 2.75) is 25.0 Å². The second-order valence-corrected chi connectivity index (χ2v) is 8.35. The first-order valence-corrected chi connectivity index (χ1v) is 10.8. The summed E-state index contributed by atoms with van der Waals surface area (Å²) < 4.78 is 42.8. The first kappa shape index (κ1) is 22.3. The molecule has 0 aliphatic carbocycles. The molecular formula is C22H21NO7S. The van der Waals surface area contributed by atoms with Crippen LogP contribution < -0.4 is 9.46 Å². The molecule has 3 aromatic rings. The molecule has 0 amide bonds. The number of rotatable bonds is 9. The second kappa shape index (κ2) is 9.59. The second-order valence-electron chi connectivity index (χ2n) is 6.59. The molecular weight excluding hydrogens is 422 g/mol. The highest BCUT2D eigenvalue weighted by Gasteiger charge is 2.16. The van der Waals surface area contributed by atoms with E-state index in [0.29, 0.717) is 22.6 Å². The van der Waals surface area contributed by atoms with E-state index in [0.717, 1.165) is 0 Å². The topological polar surface area (TPSA) is 112 Å². The Balaban J connectivity index is 1.65. The van der Waals surface area contributed by atoms with E-state index in [1.807, 2.05) is 0 Å². The number of ketones is 1. The van der Waals surface area contributed by atoms with E-state index in [9.17, 15) is 18.0 Å². The normalized spacial score (nSPS) is 11.2. The van der Waals surface area contributed by atoms with Gasteiger partial charge in [0.25, 0.3) is 0 Å². The van der Waals surface area contributed by atoms with Crippen LogP contribution in [0.5, 0.6) is 5.75 Å². The van der Waals surface area contributed by atoms with E-state index in [4.69, 9.17) is 13.9 Å². The molecule has 162 valence electrons. The Bertz CT molecular complexity index is 1170. The predicted molar refractivity (Wildman–Crippen MR) is 111 cm³/mol. The molecule has 1 N–H and O–H groups in total. The van der Waals surface area contributed by atoms with Gasteiger partial charge in [-0.25, -0.2) is 17.9 Å². The number of hydrogen-bond donors (Lipinski definition) is 1. The Kier molecular flexibility index (Phi) is 6.88. The SMILES string of the molecule is COc1ccc(C(C)=O)cc1COC(=O)c1ccc(S(=O)(=O)NCc2ccco2)cc1. The molecule has 3 rings (SSSR count). The number of carbonyl (C=O) groups excluding carboxylic acids is 2. The summed E-state index contributed by atoms with van der Waals surface area (Å²) in [5.74, 6) is 0.213. The predicted octanol–water partition coefficient (Wildman–Crippen LogP) is 3.33. The van der Waals surface area contributed by atoms with Crippen LogP contribution in [-0.2, 0) is 27.9 Å². The molecule has 0 bridgehead atoms. The highest BCUT2D eigenvalue weighted by Crippen LogP contribution is 2.22. The molecule has 0 spiro atoms. The lowest BCUT2D eigenvalue weighted by Gasteiger charge is -2.11. The Morgan fingerprint density at radius 3 is 2.35 bits per heavy atom. The van der Waals surface area contributed by atoms with Gasteiger partial charge in [-0.1, -0.05) is 0 Å². The summed E-state index contributed by atoms with van der Waals surface area (Å²) in [6, 6.07) is 13.6. The third-order valence-corrected chi connectivity index (χ3v) is 5.88. The molecule has 0 saturated carbocycles. The number of esters is 1. The zero-order chi connectivity index (χ0) is 22.4. The summed E-state index contributed by atoms with van der Waals surface area (Å²) in [4.78, 5) is 24.0. The van der Waals surface area contributed by atoms with Gasteiger partial charge in [-0.15, -0.1) is 0 Å². The first-order chi connectivity index (χ1) is 14.8. The zero-order valence-electron chi connectivity index (χ0n) is 17.0. The average Bonchev–Trinajstić information content (AvgIpc) is 3.29. The maximum atomic E-state index is 12.4. The van der Waals surface area contributed by atoms with Crippen molar-refractivity contribution in [3.05, 3.63) is 83.3 Å². The monoisotopic (exact) mass is 443 g/mol. The van der Waals surface area contributed by atoms with Crippen molar-refractivity contribution in [3.63, 3.8) is 0 Å². The van der Waals surface area contributed by atoms with E-state index in [1.54, 1.807) is 30.3 Å². The van der Waals surface area contributed by atoms with E-state index in [2.05, 4.69) is 4.72 Å². The fourth-order valence-electron chi connectivity index (χ4n) is 2.77. The molecule has 0 aliphatic heterocycles. The van der Waals surface area contributed by atoms with Crippen molar-refractivity contribution in [2.75, 3.05) is 7.11 Å². The third kappa shape index (κ3) is 5.59. The number of ether oxygens (including phenoxy) is 2. The Hall–Kier alpha value is -3.43. The van der Waals surface area contributed by atoms with Crippen molar-refractivity contribution < 1.29 is 31.9 Å². The van der Waals surface area contributed by atoms with Crippen molar-refractivity contribution in [1.82, 2.24) is 4.72 Å². The van der Waals surface area contributed by atoms with Crippen molar-refractivity contribution in [3.8, 4) is 5.75 Å². The Morgan fingerprint density at radius 1 is 1.03 bits per heavy atom. The minimum Gasteiger partial charge on any atom is -0.496 e. The maximum absolute atomic E-state index is 12.4. The summed E-state index contributed by atoms with van der Waals surface area (Å²) in [5, 5.41) is 0. The zero-order valence-corrected chi connectivity index (χ0v) is 17.8. The number of furan rings is 1. The molecule has 0 atom stereocenters. The number of benzene rings is 2. The van der Waals surface area contributed by atoms with Crippen LogP contribution in [0.4, 0.5) is 0 Å². The maximum Gasteiger partial charge on any atom is 0.338 e. The minimum atomic E-state index is -3.77. The standard InChI is InChI=1S/C22H21NO7S/c1-15(24)17-7-10-21(28-2)18(12-17)14-30-22(25)16-5-8-20(9-6-16)31(26,27)23-13-19-4-3-11-29-19/h3-12,23H,13-14H2,1-2H3. The van der Waals surface area contributed by atoms with Gasteiger partial charge in [0, 0.05) is 11.1 Å². The Labute approximate surface area is 179 Å². The quantitative estimate of drug-likeness (QED) is 0.399. The van der Waals surface area contributed by atoms with E-state index in [1.165, 1.54) is 44.6 Å². The van der Waals surface area contributed by atoms with Gasteiger partial charge in [-0.3, -0.25) is 4.79 Å². The van der Waals surface area contributed by atoms with Gasteiger partial charge in [-0.2, -0.15) is 0 Å². The minimum absolute atomic E-state index is 0.00596. The van der Waals surface area contributed by atoms with E-state index >= 15 is 0 Å². The van der Waals surface area contributed by atoms with Crippen molar-refractivity contribution >= 4 is 21.8 Å². The largest absolute Gasteiger partial charge is 0.496 e. The molecule has 31 heavy (non-hydrogen) atoms. The van der Waals surface area contributed by atoms with Crippen LogP contribution in [0.2, 0.25) is 0 Å². The number of sulfonamides is 1. The molecule has 0 saturated heterocycles. The summed E-state index contributed by atoms with van der Waals surface area (Å²) in [6.07, 6.45) is 1.45. The molecule has 2 aromatic carbocycles. The van der Waals surface area contributed by atoms with Crippen LogP contribution in [0.1, 0.15) is 39.0 Å². The summed E-state index contributed by atoms with van der Waals surface area (Å²) in [7, 11) is -2.29. The fourth-order valence-corrected chi connectivity index (χ4v) is 3.76. The van der Waals surface area contributed by atoms with Crippen LogP contribution in [0.25, 0.3) is 0 Å². The molecule has 8 nitrogen and oxygen atoms in total. The van der Waals surface area contributed by atoms with E-state index < -0.39 is 16.0 Å². The highest BCUT2D eigenvalue weighted by molar-refractivity contribution is 7.89. The van der Waals surface area contributed by atoms with Gasteiger partial charge in [-0.05, 0) is 61.5 Å². The van der Waals surface area contributed by atoms with Gasteiger partial charge in [0.2, 0.25) is 10.0 Å². The van der Waals surface area contributed by atoms with Crippen LogP contribution >= 0.6 is 0 Å². The van der Waals surface area contributed by atoms with E-state index in [-0.39, 0.29) is 29.4 Å². The molecule has 1 aromatic heterocycles. The van der Waals surface area contributed by atoms with Crippen LogP contribution in [0.3, 0.4) is 0 Å². The summed E-state index contributed by atoms with van der Waals surface area (Å²) in [6.45, 7) is 1.35. The summed E-state index contributed by atoms with van der Waals surface area (Å²) >= 11 is 0.